The summed E-state index contributed by atoms with van der Waals surface area (Å²) >= 11 is 0. The van der Waals surface area contributed by atoms with Gasteiger partial charge >= 0.3 is 18.4 Å². The maximum Gasteiger partial charge on any atom is 0.416 e. The van der Waals surface area contributed by atoms with Crippen LogP contribution < -0.4 is 10.1 Å². The second-order valence-electron chi connectivity index (χ2n) is 4.43. The molecule has 1 aliphatic heterocycles. The van der Waals surface area contributed by atoms with Crippen molar-refractivity contribution < 1.29 is 40.6 Å². The predicted molar refractivity (Wildman–Crippen MR) is 60.2 cm³/mol. The molecule has 0 unspecified atom stereocenters. The number of methoxy groups -OCH3 is 1. The molecule has 0 aromatic heterocycles. The number of carbonyl (C=O) groups excluding carboxylic acids is 1. The summed E-state index contributed by atoms with van der Waals surface area (Å²) in [7, 11) is 0.941. The minimum absolute atomic E-state index is 0.0116. The van der Waals surface area contributed by atoms with Crippen molar-refractivity contribution in [3.05, 3.63) is 28.8 Å². The number of cyclic esters (lactones) is 1. The maximum absolute atomic E-state index is 13.1. The molecule has 1 saturated heterocycles. The zero-order chi connectivity index (χ0) is 16.7. The van der Waals surface area contributed by atoms with E-state index in [0.29, 0.717) is 6.07 Å². The van der Waals surface area contributed by atoms with Crippen molar-refractivity contribution in [3.8, 4) is 5.75 Å². The molecule has 1 atom stereocenters. The van der Waals surface area contributed by atoms with E-state index in [1.54, 1.807) is 0 Å². The molecule has 1 aromatic carbocycles. The number of hydrogen-bond donors (Lipinski definition) is 1. The lowest BCUT2D eigenvalue weighted by molar-refractivity contribution is -0.143. The van der Waals surface area contributed by atoms with E-state index in [2.05, 4.69) is 14.8 Å². The van der Waals surface area contributed by atoms with Crippen molar-refractivity contribution in [2.75, 3.05) is 13.7 Å². The molecule has 0 saturated carbocycles. The van der Waals surface area contributed by atoms with Crippen molar-refractivity contribution in [1.82, 2.24) is 5.32 Å². The lowest BCUT2D eigenvalue weighted by Crippen LogP contribution is -2.24. The van der Waals surface area contributed by atoms with Crippen LogP contribution in [-0.4, -0.2) is 19.8 Å². The fraction of sp³-hybridized carbons (Fsp3) is 0.417. The number of halogens is 6. The quantitative estimate of drug-likeness (QED) is 0.845. The molecule has 0 bridgehead atoms. The molecular weight excluding hydrogens is 320 g/mol. The van der Waals surface area contributed by atoms with Gasteiger partial charge in [0.1, 0.15) is 12.4 Å². The number of benzene rings is 1. The van der Waals surface area contributed by atoms with Gasteiger partial charge in [-0.25, -0.2) is 4.79 Å². The number of hydrogen-bond acceptors (Lipinski definition) is 3. The summed E-state index contributed by atoms with van der Waals surface area (Å²) in [5.74, 6) is -0.627. The Hall–Kier alpha value is -2.13. The number of amides is 1. The number of ether oxygens (including phenoxy) is 2. The minimum Gasteiger partial charge on any atom is -0.496 e. The molecule has 1 aliphatic rings. The van der Waals surface area contributed by atoms with Gasteiger partial charge in [-0.05, 0) is 12.1 Å². The first-order chi connectivity index (χ1) is 10.0. The average Bonchev–Trinajstić information content (AvgIpc) is 2.81. The van der Waals surface area contributed by atoms with Crippen molar-refractivity contribution in [2.45, 2.75) is 18.4 Å². The van der Waals surface area contributed by atoms with Crippen molar-refractivity contribution in [2.24, 2.45) is 0 Å². The summed E-state index contributed by atoms with van der Waals surface area (Å²) in [6.45, 7) is -0.441. The largest absolute Gasteiger partial charge is 0.496 e. The smallest absolute Gasteiger partial charge is 0.416 e. The van der Waals surface area contributed by atoms with Gasteiger partial charge in [-0.3, -0.25) is 0 Å². The number of nitrogens with one attached hydrogen (secondary N) is 1. The predicted octanol–water partition coefficient (Wildman–Crippen LogP) is 3.51. The second-order valence-corrected chi connectivity index (χ2v) is 4.43. The summed E-state index contributed by atoms with van der Waals surface area (Å²) < 4.78 is 86.6. The van der Waals surface area contributed by atoms with Gasteiger partial charge in [0.2, 0.25) is 0 Å². The van der Waals surface area contributed by atoms with Gasteiger partial charge in [0.05, 0.1) is 24.3 Å². The molecule has 1 N–H and O–H groups in total. The van der Waals surface area contributed by atoms with Gasteiger partial charge in [0.25, 0.3) is 0 Å². The fourth-order valence-corrected chi connectivity index (χ4v) is 2.09. The van der Waals surface area contributed by atoms with E-state index in [9.17, 15) is 31.1 Å². The van der Waals surface area contributed by atoms with Gasteiger partial charge in [0.15, 0.2) is 0 Å². The Morgan fingerprint density at radius 1 is 1.18 bits per heavy atom. The number of alkyl halides is 6. The number of carbonyl (C=O) groups is 1. The standard InChI is InChI=1S/C12H9F6NO3/c1-21-8-3-5(11(13,14)15)2-6(12(16,17)18)9(8)7-4-22-10(20)19-7/h2-3,7H,4H2,1H3,(H,19,20)/t7-/m1/s1. The molecule has 10 heteroatoms. The highest BCUT2D eigenvalue weighted by Crippen LogP contribution is 2.44. The molecule has 1 fully saturated rings. The van der Waals surface area contributed by atoms with Crippen LogP contribution >= 0.6 is 0 Å². The molecule has 4 nitrogen and oxygen atoms in total. The Labute approximate surface area is 120 Å². The lowest BCUT2D eigenvalue weighted by atomic mass is 9.96. The van der Waals surface area contributed by atoms with E-state index >= 15 is 0 Å². The number of rotatable bonds is 2. The summed E-state index contributed by atoms with van der Waals surface area (Å²) in [5.41, 5.74) is -3.63. The summed E-state index contributed by atoms with van der Waals surface area (Å²) in [6.07, 6.45) is -11.0. The van der Waals surface area contributed by atoms with Gasteiger partial charge in [0, 0.05) is 5.56 Å². The average molecular weight is 329 g/mol. The van der Waals surface area contributed by atoms with Crippen LogP contribution in [0.1, 0.15) is 22.7 Å². The van der Waals surface area contributed by atoms with Crippen molar-refractivity contribution in [3.63, 3.8) is 0 Å². The molecule has 0 radical (unpaired) electrons. The first-order valence-electron chi connectivity index (χ1n) is 5.83. The van der Waals surface area contributed by atoms with Crippen LogP contribution in [0.5, 0.6) is 5.75 Å². The Bertz CT molecular complexity index is 596. The van der Waals surface area contributed by atoms with E-state index < -0.39 is 53.5 Å². The van der Waals surface area contributed by atoms with Gasteiger partial charge < -0.3 is 14.8 Å². The first-order valence-corrected chi connectivity index (χ1v) is 5.83. The topological polar surface area (TPSA) is 47.6 Å². The Kier molecular flexibility index (Phi) is 3.88. The summed E-state index contributed by atoms with van der Waals surface area (Å²) in [6, 6.07) is -0.807. The molecule has 0 aliphatic carbocycles. The minimum atomic E-state index is -5.06. The third-order valence-electron chi connectivity index (χ3n) is 3.02. The summed E-state index contributed by atoms with van der Waals surface area (Å²) in [4.78, 5) is 11.0. The SMILES string of the molecule is COc1cc(C(F)(F)F)cc(C(F)(F)F)c1[C@H]1COC(=O)N1. The molecule has 22 heavy (non-hydrogen) atoms. The molecule has 2 rings (SSSR count). The van der Waals surface area contributed by atoms with E-state index in [4.69, 9.17) is 0 Å². The molecule has 1 aromatic rings. The van der Waals surface area contributed by atoms with E-state index in [1.165, 1.54) is 0 Å². The van der Waals surface area contributed by atoms with Gasteiger partial charge in [-0.15, -0.1) is 0 Å². The monoisotopic (exact) mass is 329 g/mol. The normalized spacial score (nSPS) is 18.9. The Morgan fingerprint density at radius 2 is 1.82 bits per heavy atom. The number of alkyl carbamates (subject to hydrolysis) is 1. The fourth-order valence-electron chi connectivity index (χ4n) is 2.09. The third-order valence-corrected chi connectivity index (χ3v) is 3.02. The Balaban J connectivity index is 2.67. The van der Waals surface area contributed by atoms with Gasteiger partial charge in [-0.1, -0.05) is 0 Å². The Morgan fingerprint density at radius 3 is 2.23 bits per heavy atom. The van der Waals surface area contributed by atoms with Gasteiger partial charge in [-0.2, -0.15) is 26.3 Å². The molecule has 122 valence electrons. The van der Waals surface area contributed by atoms with E-state index in [1.807, 2.05) is 0 Å². The molecule has 1 heterocycles. The second kappa shape index (κ2) is 5.25. The highest BCUT2D eigenvalue weighted by Gasteiger charge is 2.43. The lowest BCUT2D eigenvalue weighted by Gasteiger charge is -2.21. The van der Waals surface area contributed by atoms with Crippen LogP contribution in [0.4, 0.5) is 31.1 Å². The van der Waals surface area contributed by atoms with Crippen molar-refractivity contribution in [1.29, 1.82) is 0 Å². The highest BCUT2D eigenvalue weighted by atomic mass is 19.4. The van der Waals surface area contributed by atoms with Crippen LogP contribution in [0.3, 0.4) is 0 Å². The first kappa shape index (κ1) is 16.2. The van der Waals surface area contributed by atoms with Crippen LogP contribution in [0.25, 0.3) is 0 Å². The zero-order valence-corrected chi connectivity index (χ0v) is 10.9. The molecule has 0 spiro atoms. The highest BCUT2D eigenvalue weighted by molar-refractivity contribution is 5.70. The van der Waals surface area contributed by atoms with Crippen LogP contribution in [0.2, 0.25) is 0 Å². The van der Waals surface area contributed by atoms with E-state index in [0.717, 1.165) is 7.11 Å². The third kappa shape index (κ3) is 3.04. The van der Waals surface area contributed by atoms with E-state index in [-0.39, 0.29) is 6.07 Å². The van der Waals surface area contributed by atoms with Crippen LogP contribution in [0.15, 0.2) is 12.1 Å². The molecule has 1 amide bonds. The molecular formula is C12H9F6NO3. The summed E-state index contributed by atoms with van der Waals surface area (Å²) in [5, 5.41) is 2.09. The maximum atomic E-state index is 13.1. The van der Waals surface area contributed by atoms with Crippen LogP contribution in [-0.2, 0) is 17.1 Å². The van der Waals surface area contributed by atoms with Crippen LogP contribution in [0, 0.1) is 0 Å². The van der Waals surface area contributed by atoms with Crippen molar-refractivity contribution >= 4 is 6.09 Å². The zero-order valence-electron chi connectivity index (χ0n) is 10.9.